The maximum Gasteiger partial charge on any atom is 0.174 e. The van der Waals surface area contributed by atoms with E-state index in [1.807, 2.05) is 17.0 Å². The Labute approximate surface area is 166 Å². The van der Waals surface area contributed by atoms with Crippen LogP contribution in [-0.2, 0) is 13.1 Å². The van der Waals surface area contributed by atoms with Crippen LogP contribution in [0.5, 0.6) is 0 Å². The molecule has 3 nitrogen and oxygen atoms in total. The first-order chi connectivity index (χ1) is 13.0. The summed E-state index contributed by atoms with van der Waals surface area (Å²) in [6.45, 7) is 0.700. The first kappa shape index (κ1) is 19.2. The Bertz CT molecular complexity index is 938. The van der Waals surface area contributed by atoms with Crippen molar-refractivity contribution in [2.45, 2.75) is 13.1 Å². The highest BCUT2D eigenvalue weighted by atomic mass is 35.5. The van der Waals surface area contributed by atoms with Crippen molar-refractivity contribution in [3.05, 3.63) is 94.8 Å². The van der Waals surface area contributed by atoms with E-state index >= 15 is 0 Å². The number of pyridine rings is 1. The van der Waals surface area contributed by atoms with E-state index in [1.54, 1.807) is 36.7 Å². The monoisotopic (exact) mass is 403 g/mol. The first-order valence-electron chi connectivity index (χ1n) is 8.16. The normalized spacial score (nSPS) is 10.5. The van der Waals surface area contributed by atoms with Crippen molar-refractivity contribution in [1.29, 1.82) is 0 Å². The van der Waals surface area contributed by atoms with Crippen molar-refractivity contribution in [1.82, 2.24) is 9.88 Å². The van der Waals surface area contributed by atoms with Gasteiger partial charge in [0, 0.05) is 36.7 Å². The third-order valence-corrected chi connectivity index (χ3v) is 4.52. The summed E-state index contributed by atoms with van der Waals surface area (Å²) in [5.74, 6) is -0.812. The molecule has 138 valence electrons. The average Bonchev–Trinajstić information content (AvgIpc) is 2.66. The Morgan fingerprint density at radius 1 is 1.04 bits per heavy atom. The van der Waals surface area contributed by atoms with E-state index in [0.717, 1.165) is 5.56 Å². The minimum Gasteiger partial charge on any atom is -0.340 e. The van der Waals surface area contributed by atoms with Gasteiger partial charge < -0.3 is 10.2 Å². The molecule has 27 heavy (non-hydrogen) atoms. The molecule has 0 aliphatic rings. The fourth-order valence-corrected chi connectivity index (χ4v) is 2.95. The molecule has 0 bridgehead atoms. The molecule has 7 heteroatoms. The summed E-state index contributed by atoms with van der Waals surface area (Å²) >= 11 is 11.3. The molecular weight excluding hydrogens is 388 g/mol. The van der Waals surface area contributed by atoms with Crippen LogP contribution in [0.25, 0.3) is 0 Å². The topological polar surface area (TPSA) is 28.2 Å². The lowest BCUT2D eigenvalue weighted by Gasteiger charge is -2.26. The molecule has 1 aromatic heterocycles. The Hall–Kier alpha value is -2.57. The Morgan fingerprint density at radius 3 is 2.56 bits per heavy atom. The van der Waals surface area contributed by atoms with Crippen LogP contribution >= 0.6 is 23.8 Å². The molecular formula is C20H16ClF2N3S. The van der Waals surface area contributed by atoms with E-state index in [-0.39, 0.29) is 17.4 Å². The number of hydrogen-bond donors (Lipinski definition) is 1. The number of rotatable bonds is 5. The van der Waals surface area contributed by atoms with Crippen LogP contribution in [0, 0.1) is 11.6 Å². The second kappa shape index (κ2) is 8.88. The molecule has 0 unspecified atom stereocenters. The summed E-state index contributed by atoms with van der Waals surface area (Å²) < 4.78 is 27.5. The number of anilines is 1. The molecule has 0 radical (unpaired) electrons. The van der Waals surface area contributed by atoms with Crippen molar-refractivity contribution in [2.75, 3.05) is 5.32 Å². The molecule has 1 N–H and O–H groups in total. The van der Waals surface area contributed by atoms with Crippen LogP contribution < -0.4 is 5.32 Å². The van der Waals surface area contributed by atoms with Gasteiger partial charge in [-0.25, -0.2) is 8.78 Å². The third-order valence-electron chi connectivity index (χ3n) is 3.87. The Kier molecular flexibility index (Phi) is 6.32. The molecule has 0 spiro atoms. The second-order valence-electron chi connectivity index (χ2n) is 5.87. The molecule has 0 saturated heterocycles. The predicted octanol–water partition coefficient (Wildman–Crippen LogP) is 5.41. The molecule has 2 aromatic carbocycles. The van der Waals surface area contributed by atoms with Crippen LogP contribution in [0.2, 0.25) is 5.02 Å². The van der Waals surface area contributed by atoms with Gasteiger partial charge in [0.15, 0.2) is 5.11 Å². The van der Waals surface area contributed by atoms with Crippen LogP contribution in [0.4, 0.5) is 14.5 Å². The van der Waals surface area contributed by atoms with Crippen LogP contribution in [0.15, 0.2) is 67.0 Å². The van der Waals surface area contributed by atoms with Gasteiger partial charge in [-0.2, -0.15) is 0 Å². The highest BCUT2D eigenvalue weighted by molar-refractivity contribution is 7.80. The lowest BCUT2D eigenvalue weighted by atomic mass is 10.2. The number of nitrogens with zero attached hydrogens (tertiary/aromatic N) is 2. The minimum atomic E-state index is -0.508. The first-order valence-corrected chi connectivity index (χ1v) is 8.95. The van der Waals surface area contributed by atoms with Crippen molar-refractivity contribution in [2.24, 2.45) is 0 Å². The van der Waals surface area contributed by atoms with Gasteiger partial charge in [-0.15, -0.1) is 0 Å². The summed E-state index contributed by atoms with van der Waals surface area (Å²) in [5.41, 5.74) is 1.99. The van der Waals surface area contributed by atoms with Gasteiger partial charge in [0.2, 0.25) is 0 Å². The van der Waals surface area contributed by atoms with Crippen molar-refractivity contribution >= 4 is 34.6 Å². The highest BCUT2D eigenvalue weighted by Gasteiger charge is 2.14. The standard InChI is InChI=1S/C20H16ClF2N3S/c21-17-10-16(7-8-19(17)23)25-20(27)26(12-14-4-3-9-24-11-14)13-15-5-1-2-6-18(15)22/h1-11H,12-13H2,(H,25,27). The van der Waals surface area contributed by atoms with Gasteiger partial charge in [-0.1, -0.05) is 35.9 Å². The molecule has 0 amide bonds. The predicted molar refractivity (Wildman–Crippen MR) is 108 cm³/mol. The molecule has 0 atom stereocenters. The zero-order chi connectivity index (χ0) is 19.2. The van der Waals surface area contributed by atoms with E-state index in [0.29, 0.717) is 22.9 Å². The zero-order valence-electron chi connectivity index (χ0n) is 14.2. The molecule has 3 aromatic rings. The number of nitrogens with one attached hydrogen (secondary N) is 1. The van der Waals surface area contributed by atoms with Gasteiger partial charge in [-0.05, 0) is 48.1 Å². The van der Waals surface area contributed by atoms with E-state index < -0.39 is 5.82 Å². The number of benzene rings is 2. The highest BCUT2D eigenvalue weighted by Crippen LogP contribution is 2.21. The number of thiocarbonyl (C=S) groups is 1. The lowest BCUT2D eigenvalue weighted by molar-refractivity contribution is 0.402. The molecule has 0 aliphatic heterocycles. The minimum absolute atomic E-state index is 0.00397. The molecule has 3 rings (SSSR count). The summed E-state index contributed by atoms with van der Waals surface area (Å²) in [7, 11) is 0. The number of aromatic nitrogens is 1. The van der Waals surface area contributed by atoms with Crippen LogP contribution in [0.3, 0.4) is 0 Å². The lowest BCUT2D eigenvalue weighted by Crippen LogP contribution is -2.34. The third kappa shape index (κ3) is 5.21. The Morgan fingerprint density at radius 2 is 1.85 bits per heavy atom. The fourth-order valence-electron chi connectivity index (χ4n) is 2.52. The van der Waals surface area contributed by atoms with E-state index in [9.17, 15) is 8.78 Å². The summed E-state index contributed by atoms with van der Waals surface area (Å²) in [6.07, 6.45) is 3.41. The van der Waals surface area contributed by atoms with Gasteiger partial charge in [0.25, 0.3) is 0 Å². The van der Waals surface area contributed by atoms with Gasteiger partial charge in [-0.3, -0.25) is 4.98 Å². The van der Waals surface area contributed by atoms with E-state index in [4.69, 9.17) is 23.8 Å². The largest absolute Gasteiger partial charge is 0.340 e. The number of hydrogen-bond acceptors (Lipinski definition) is 2. The summed E-state index contributed by atoms with van der Waals surface area (Å²) in [5, 5.41) is 3.39. The summed E-state index contributed by atoms with van der Waals surface area (Å²) in [4.78, 5) is 5.91. The maximum absolute atomic E-state index is 14.1. The van der Waals surface area contributed by atoms with Gasteiger partial charge in [0.05, 0.1) is 5.02 Å². The molecule has 1 heterocycles. The van der Waals surface area contributed by atoms with Crippen LogP contribution in [-0.4, -0.2) is 15.0 Å². The Balaban J connectivity index is 1.82. The van der Waals surface area contributed by atoms with Crippen molar-refractivity contribution in [3.8, 4) is 0 Å². The maximum atomic E-state index is 14.1. The molecule has 0 aliphatic carbocycles. The van der Waals surface area contributed by atoms with Crippen molar-refractivity contribution in [3.63, 3.8) is 0 Å². The average molecular weight is 404 g/mol. The van der Waals surface area contributed by atoms with Crippen molar-refractivity contribution < 1.29 is 8.78 Å². The number of halogens is 3. The molecule has 0 saturated carbocycles. The van der Waals surface area contributed by atoms with Crippen LogP contribution in [0.1, 0.15) is 11.1 Å². The van der Waals surface area contributed by atoms with Gasteiger partial charge >= 0.3 is 0 Å². The van der Waals surface area contributed by atoms with E-state index in [1.165, 1.54) is 18.2 Å². The molecule has 0 fully saturated rings. The SMILES string of the molecule is Fc1ccc(NC(=S)N(Cc2cccnc2)Cc2ccccc2F)cc1Cl. The fraction of sp³-hybridized carbons (Fsp3) is 0.100. The van der Waals surface area contributed by atoms with E-state index in [2.05, 4.69) is 10.3 Å². The quantitative estimate of drug-likeness (QED) is 0.576. The zero-order valence-corrected chi connectivity index (χ0v) is 15.8. The second-order valence-corrected chi connectivity index (χ2v) is 6.66. The smallest absolute Gasteiger partial charge is 0.174 e. The summed E-state index contributed by atoms with van der Waals surface area (Å²) in [6, 6.07) is 14.5. The van der Waals surface area contributed by atoms with Gasteiger partial charge in [0.1, 0.15) is 11.6 Å².